The van der Waals surface area contributed by atoms with Gasteiger partial charge in [0.05, 0.1) is 6.10 Å². The largest absolute Gasteiger partial charge is 0.376 e. The summed E-state index contributed by atoms with van der Waals surface area (Å²) in [5.41, 5.74) is 9.92. The van der Waals surface area contributed by atoms with Gasteiger partial charge in [-0.05, 0) is 51.2 Å². The highest BCUT2D eigenvalue weighted by Gasteiger charge is 2.17. The molecule has 2 atom stereocenters. The fraction of sp³-hybridized carbons (Fsp3) is 0.647. The monoisotopic (exact) mass is 276 g/mol. The number of hydrogen-bond acceptors (Lipinski definition) is 3. The van der Waals surface area contributed by atoms with Crippen molar-refractivity contribution in [2.75, 3.05) is 25.1 Å². The molecule has 1 aliphatic rings. The van der Waals surface area contributed by atoms with Crippen LogP contribution in [0.5, 0.6) is 0 Å². The Labute approximate surface area is 123 Å². The zero-order valence-corrected chi connectivity index (χ0v) is 13.1. The number of ether oxygens (including phenoxy) is 1. The predicted molar refractivity (Wildman–Crippen MR) is 85.4 cm³/mol. The maximum absolute atomic E-state index is 5.98. The molecule has 0 bridgehead atoms. The van der Waals surface area contributed by atoms with Gasteiger partial charge in [-0.2, -0.15) is 0 Å². The first-order valence-corrected chi connectivity index (χ1v) is 7.74. The maximum atomic E-state index is 5.98. The van der Waals surface area contributed by atoms with E-state index in [2.05, 4.69) is 44.0 Å². The first-order chi connectivity index (χ1) is 9.56. The van der Waals surface area contributed by atoms with Crippen LogP contribution in [0.2, 0.25) is 0 Å². The van der Waals surface area contributed by atoms with Crippen molar-refractivity contribution in [3.63, 3.8) is 0 Å². The Kier molecular flexibility index (Phi) is 5.44. The fourth-order valence-electron chi connectivity index (χ4n) is 2.95. The molecule has 1 aromatic carbocycles. The number of likely N-dealkylation sites (N-methyl/N-ethyl adjacent to an activating group) is 1. The van der Waals surface area contributed by atoms with Crippen LogP contribution in [0.4, 0.5) is 5.69 Å². The van der Waals surface area contributed by atoms with E-state index in [1.54, 1.807) is 0 Å². The third-order valence-electron chi connectivity index (χ3n) is 3.94. The molecule has 1 fully saturated rings. The number of anilines is 1. The normalized spacial score (nSPS) is 20.7. The topological polar surface area (TPSA) is 38.5 Å². The highest BCUT2D eigenvalue weighted by atomic mass is 16.5. The number of hydrogen-bond donors (Lipinski definition) is 1. The Bertz CT molecular complexity index is 425. The van der Waals surface area contributed by atoms with Gasteiger partial charge >= 0.3 is 0 Å². The van der Waals surface area contributed by atoms with Crippen LogP contribution in [0.1, 0.15) is 37.3 Å². The van der Waals surface area contributed by atoms with Crippen LogP contribution < -0.4 is 10.6 Å². The summed E-state index contributed by atoms with van der Waals surface area (Å²) in [5.74, 6) is 0. The van der Waals surface area contributed by atoms with Gasteiger partial charge in [-0.15, -0.1) is 0 Å². The molecule has 2 unspecified atom stereocenters. The first kappa shape index (κ1) is 15.3. The van der Waals surface area contributed by atoms with E-state index in [1.165, 1.54) is 36.1 Å². The lowest BCUT2D eigenvalue weighted by Gasteiger charge is -2.30. The van der Waals surface area contributed by atoms with Gasteiger partial charge in [0.2, 0.25) is 0 Å². The SMILES string of the molecule is Cc1ccc(N(C)CC2CCCCO2)c(CC(C)N)c1. The molecule has 1 heterocycles. The van der Waals surface area contributed by atoms with E-state index in [1.807, 2.05) is 0 Å². The van der Waals surface area contributed by atoms with Gasteiger partial charge in [-0.25, -0.2) is 0 Å². The van der Waals surface area contributed by atoms with Crippen molar-refractivity contribution < 1.29 is 4.74 Å². The van der Waals surface area contributed by atoms with Crippen LogP contribution in [0.15, 0.2) is 18.2 Å². The van der Waals surface area contributed by atoms with Crippen LogP contribution in [0.25, 0.3) is 0 Å². The molecule has 1 saturated heterocycles. The Morgan fingerprint density at radius 3 is 2.85 bits per heavy atom. The van der Waals surface area contributed by atoms with Crippen molar-refractivity contribution in [3.05, 3.63) is 29.3 Å². The molecule has 0 amide bonds. The molecule has 0 saturated carbocycles. The van der Waals surface area contributed by atoms with Crippen LogP contribution in [-0.4, -0.2) is 32.3 Å². The average molecular weight is 276 g/mol. The van der Waals surface area contributed by atoms with Gasteiger partial charge in [0.1, 0.15) is 0 Å². The van der Waals surface area contributed by atoms with Crippen molar-refractivity contribution in [1.82, 2.24) is 0 Å². The lowest BCUT2D eigenvalue weighted by Crippen LogP contribution is -2.34. The molecule has 0 spiro atoms. The molecule has 3 heteroatoms. The van der Waals surface area contributed by atoms with Crippen LogP contribution in [0, 0.1) is 6.92 Å². The van der Waals surface area contributed by atoms with Crippen molar-refractivity contribution in [1.29, 1.82) is 0 Å². The van der Waals surface area contributed by atoms with Gasteiger partial charge < -0.3 is 15.4 Å². The number of benzene rings is 1. The summed E-state index contributed by atoms with van der Waals surface area (Å²) in [6.07, 6.45) is 4.98. The standard InChI is InChI=1S/C17H28N2O/c1-13-7-8-17(15(10-13)11-14(2)18)19(3)12-16-6-4-5-9-20-16/h7-8,10,14,16H,4-6,9,11-12,18H2,1-3H3. The van der Waals surface area contributed by atoms with E-state index in [0.717, 1.165) is 19.6 Å². The van der Waals surface area contributed by atoms with Crippen molar-refractivity contribution in [2.24, 2.45) is 5.73 Å². The van der Waals surface area contributed by atoms with Gasteiger partial charge in [0.15, 0.2) is 0 Å². The number of aryl methyl sites for hydroxylation is 1. The lowest BCUT2D eigenvalue weighted by molar-refractivity contribution is 0.0216. The summed E-state index contributed by atoms with van der Waals surface area (Å²) in [7, 11) is 2.16. The second-order valence-electron chi connectivity index (χ2n) is 6.18. The van der Waals surface area contributed by atoms with Gasteiger partial charge in [-0.3, -0.25) is 0 Å². The average Bonchev–Trinajstić information content (AvgIpc) is 2.39. The molecule has 1 aromatic rings. The Balaban J connectivity index is 2.09. The van der Waals surface area contributed by atoms with Gasteiger partial charge in [-0.1, -0.05) is 17.7 Å². The molecule has 0 aliphatic carbocycles. The second kappa shape index (κ2) is 7.09. The van der Waals surface area contributed by atoms with Crippen molar-refractivity contribution in [2.45, 2.75) is 51.7 Å². The van der Waals surface area contributed by atoms with Crippen LogP contribution in [0.3, 0.4) is 0 Å². The minimum absolute atomic E-state index is 0.190. The third kappa shape index (κ3) is 4.22. The molecule has 3 nitrogen and oxygen atoms in total. The lowest BCUT2D eigenvalue weighted by atomic mass is 10.0. The molecular formula is C17H28N2O. The molecular weight excluding hydrogens is 248 g/mol. The summed E-state index contributed by atoms with van der Waals surface area (Å²) < 4.78 is 5.85. The minimum Gasteiger partial charge on any atom is -0.376 e. The van der Waals surface area contributed by atoms with E-state index in [-0.39, 0.29) is 6.04 Å². The Hall–Kier alpha value is -1.06. The zero-order chi connectivity index (χ0) is 14.5. The van der Waals surface area contributed by atoms with Crippen molar-refractivity contribution >= 4 is 5.69 Å². The van der Waals surface area contributed by atoms with Gasteiger partial charge in [0.25, 0.3) is 0 Å². The molecule has 20 heavy (non-hydrogen) atoms. The highest BCUT2D eigenvalue weighted by molar-refractivity contribution is 5.55. The van der Waals surface area contributed by atoms with E-state index in [4.69, 9.17) is 10.5 Å². The predicted octanol–water partition coefficient (Wildman–Crippen LogP) is 2.89. The highest BCUT2D eigenvalue weighted by Crippen LogP contribution is 2.24. The van der Waals surface area contributed by atoms with E-state index in [0.29, 0.717) is 6.10 Å². The summed E-state index contributed by atoms with van der Waals surface area (Å²) in [6.45, 7) is 6.09. The molecule has 0 radical (unpaired) electrons. The molecule has 112 valence electrons. The number of nitrogens with zero attached hydrogens (tertiary/aromatic N) is 1. The Morgan fingerprint density at radius 2 is 2.20 bits per heavy atom. The number of nitrogens with two attached hydrogens (primary N) is 1. The summed E-state index contributed by atoms with van der Waals surface area (Å²) >= 11 is 0. The van der Waals surface area contributed by atoms with Gasteiger partial charge in [0, 0.05) is 31.9 Å². The van der Waals surface area contributed by atoms with Crippen LogP contribution >= 0.6 is 0 Å². The molecule has 0 aromatic heterocycles. The van der Waals surface area contributed by atoms with E-state index < -0.39 is 0 Å². The summed E-state index contributed by atoms with van der Waals surface area (Å²) in [4.78, 5) is 2.33. The van der Waals surface area contributed by atoms with E-state index in [9.17, 15) is 0 Å². The smallest absolute Gasteiger partial charge is 0.0749 e. The van der Waals surface area contributed by atoms with Crippen molar-refractivity contribution in [3.8, 4) is 0 Å². The van der Waals surface area contributed by atoms with E-state index >= 15 is 0 Å². The molecule has 2 rings (SSSR count). The number of rotatable bonds is 5. The molecule has 2 N–H and O–H groups in total. The quantitative estimate of drug-likeness (QED) is 0.898. The first-order valence-electron chi connectivity index (χ1n) is 7.74. The maximum Gasteiger partial charge on any atom is 0.0749 e. The zero-order valence-electron chi connectivity index (χ0n) is 13.1. The minimum atomic E-state index is 0.190. The molecule has 1 aliphatic heterocycles. The fourth-order valence-corrected chi connectivity index (χ4v) is 2.95. The summed E-state index contributed by atoms with van der Waals surface area (Å²) in [6, 6.07) is 6.85. The summed E-state index contributed by atoms with van der Waals surface area (Å²) in [5, 5.41) is 0. The second-order valence-corrected chi connectivity index (χ2v) is 6.18. The Morgan fingerprint density at radius 1 is 1.40 bits per heavy atom. The van der Waals surface area contributed by atoms with Crippen LogP contribution in [-0.2, 0) is 11.2 Å². The third-order valence-corrected chi connectivity index (χ3v) is 3.94.